The monoisotopic (exact) mass is 228 g/mol. The van der Waals surface area contributed by atoms with Crippen LogP contribution < -0.4 is 5.73 Å². The van der Waals surface area contributed by atoms with Crippen molar-refractivity contribution in [3.05, 3.63) is 59.2 Å². The predicted octanol–water partition coefficient (Wildman–Crippen LogP) is 2.88. The molecule has 1 atom stereocenters. The number of fused-ring (bicyclic) bond motifs is 1. The molecule has 2 nitrogen and oxygen atoms in total. The average molecular weight is 228 g/mol. The second-order valence-corrected chi connectivity index (χ2v) is 4.42. The first-order chi connectivity index (χ1) is 8.25. The van der Waals surface area contributed by atoms with Gasteiger partial charge in [-0.15, -0.1) is 0 Å². The van der Waals surface area contributed by atoms with Gasteiger partial charge in [0.15, 0.2) is 0 Å². The first-order valence-corrected chi connectivity index (χ1v) is 5.74. The summed E-state index contributed by atoms with van der Waals surface area (Å²) in [6.45, 7) is 0. The van der Waals surface area contributed by atoms with Crippen LogP contribution in [-0.4, -0.2) is 4.98 Å². The minimum atomic E-state index is -0.192. The van der Waals surface area contributed by atoms with Crippen LogP contribution in [-0.2, 0) is 6.42 Å². The Hall–Kier alpha value is -1.90. The van der Waals surface area contributed by atoms with Crippen LogP contribution in [0.4, 0.5) is 10.1 Å². The smallest absolute Gasteiger partial charge is 0.127 e. The van der Waals surface area contributed by atoms with E-state index < -0.39 is 0 Å². The van der Waals surface area contributed by atoms with Gasteiger partial charge in [0.2, 0.25) is 0 Å². The molecule has 0 amide bonds. The van der Waals surface area contributed by atoms with E-state index in [-0.39, 0.29) is 11.7 Å². The molecule has 2 N–H and O–H groups in total. The minimum absolute atomic E-state index is 0.0506. The van der Waals surface area contributed by atoms with E-state index in [1.165, 1.54) is 11.6 Å². The van der Waals surface area contributed by atoms with Crippen molar-refractivity contribution >= 4 is 5.69 Å². The summed E-state index contributed by atoms with van der Waals surface area (Å²) in [6.07, 6.45) is 3.64. The lowest BCUT2D eigenvalue weighted by Crippen LogP contribution is -2.02. The van der Waals surface area contributed by atoms with E-state index in [4.69, 9.17) is 5.73 Å². The fourth-order valence-corrected chi connectivity index (χ4v) is 2.54. The molecule has 0 bridgehead atoms. The molecule has 86 valence electrons. The van der Waals surface area contributed by atoms with Crippen LogP contribution in [0.1, 0.15) is 29.2 Å². The zero-order valence-corrected chi connectivity index (χ0v) is 9.36. The maximum Gasteiger partial charge on any atom is 0.127 e. The first-order valence-electron chi connectivity index (χ1n) is 5.74. The number of hydrogen-bond acceptors (Lipinski definition) is 2. The summed E-state index contributed by atoms with van der Waals surface area (Å²) in [5.41, 5.74) is 9.22. The number of benzene rings is 1. The topological polar surface area (TPSA) is 38.9 Å². The van der Waals surface area contributed by atoms with Gasteiger partial charge in [0.25, 0.3) is 0 Å². The van der Waals surface area contributed by atoms with E-state index in [2.05, 4.69) is 11.1 Å². The van der Waals surface area contributed by atoms with E-state index in [0.717, 1.165) is 18.5 Å². The quantitative estimate of drug-likeness (QED) is 0.762. The zero-order chi connectivity index (χ0) is 11.8. The zero-order valence-electron chi connectivity index (χ0n) is 9.36. The van der Waals surface area contributed by atoms with Gasteiger partial charge >= 0.3 is 0 Å². The lowest BCUT2D eigenvalue weighted by molar-refractivity contribution is 0.593. The van der Waals surface area contributed by atoms with Crippen molar-refractivity contribution in [3.63, 3.8) is 0 Å². The fraction of sp³-hybridized carbons (Fsp3) is 0.214. The summed E-state index contributed by atoms with van der Waals surface area (Å²) in [7, 11) is 0. The molecule has 1 aliphatic rings. The van der Waals surface area contributed by atoms with Crippen LogP contribution >= 0.6 is 0 Å². The Morgan fingerprint density at radius 1 is 1.29 bits per heavy atom. The van der Waals surface area contributed by atoms with Gasteiger partial charge in [-0.3, -0.25) is 4.98 Å². The Balaban J connectivity index is 2.10. The molecule has 2 aromatic rings. The lowest BCUT2D eigenvalue weighted by atomic mass is 9.95. The third-order valence-electron chi connectivity index (χ3n) is 3.35. The Kier molecular flexibility index (Phi) is 2.32. The number of hydrogen-bond donors (Lipinski definition) is 1. The van der Waals surface area contributed by atoms with Gasteiger partial charge in [-0.1, -0.05) is 6.07 Å². The van der Waals surface area contributed by atoms with E-state index in [1.807, 2.05) is 6.07 Å². The summed E-state index contributed by atoms with van der Waals surface area (Å²) in [6, 6.07) is 8.74. The van der Waals surface area contributed by atoms with E-state index in [1.54, 1.807) is 18.3 Å². The number of halogens is 1. The molecule has 0 fully saturated rings. The number of nitrogens with zero attached hydrogens (tertiary/aromatic N) is 1. The molecule has 1 unspecified atom stereocenters. The molecule has 0 radical (unpaired) electrons. The molecule has 3 heteroatoms. The van der Waals surface area contributed by atoms with Gasteiger partial charge in [0, 0.05) is 17.8 Å². The van der Waals surface area contributed by atoms with Crippen molar-refractivity contribution in [2.75, 3.05) is 5.73 Å². The first kappa shape index (κ1) is 10.3. The average Bonchev–Trinajstić information content (AvgIpc) is 2.76. The fourth-order valence-electron chi connectivity index (χ4n) is 2.54. The number of pyridine rings is 1. The summed E-state index contributed by atoms with van der Waals surface area (Å²) in [4.78, 5) is 4.38. The van der Waals surface area contributed by atoms with Gasteiger partial charge in [-0.2, -0.15) is 0 Å². The molecule has 1 aliphatic carbocycles. The van der Waals surface area contributed by atoms with Crippen molar-refractivity contribution in [3.8, 4) is 0 Å². The third kappa shape index (κ3) is 1.68. The Labute approximate surface area is 99.3 Å². The highest BCUT2D eigenvalue weighted by Crippen LogP contribution is 2.38. The highest BCUT2D eigenvalue weighted by atomic mass is 19.1. The molecule has 0 aliphatic heterocycles. The van der Waals surface area contributed by atoms with Gasteiger partial charge in [0.05, 0.1) is 5.69 Å². The summed E-state index contributed by atoms with van der Waals surface area (Å²) in [5.74, 6) is -0.141. The van der Waals surface area contributed by atoms with E-state index in [9.17, 15) is 4.39 Å². The largest absolute Gasteiger partial charge is 0.399 e. The molecule has 1 heterocycles. The van der Waals surface area contributed by atoms with Gasteiger partial charge in [0.1, 0.15) is 5.82 Å². The van der Waals surface area contributed by atoms with Crippen molar-refractivity contribution in [2.45, 2.75) is 18.8 Å². The van der Waals surface area contributed by atoms with Gasteiger partial charge < -0.3 is 5.73 Å². The molecule has 0 spiro atoms. The van der Waals surface area contributed by atoms with E-state index >= 15 is 0 Å². The van der Waals surface area contributed by atoms with Crippen LogP contribution in [0.15, 0.2) is 36.5 Å². The number of rotatable bonds is 1. The number of aromatic nitrogens is 1. The van der Waals surface area contributed by atoms with Crippen molar-refractivity contribution in [2.24, 2.45) is 0 Å². The number of nitrogen functional groups attached to an aromatic ring is 1. The lowest BCUT2D eigenvalue weighted by Gasteiger charge is -2.12. The second-order valence-electron chi connectivity index (χ2n) is 4.42. The molecule has 0 saturated heterocycles. The SMILES string of the molecule is Nc1ccc(F)c(C2CCc3cccnc32)c1. The molecule has 0 saturated carbocycles. The van der Waals surface area contributed by atoms with Crippen molar-refractivity contribution in [1.29, 1.82) is 0 Å². The van der Waals surface area contributed by atoms with E-state index in [0.29, 0.717) is 11.3 Å². The minimum Gasteiger partial charge on any atom is -0.399 e. The Morgan fingerprint density at radius 2 is 2.18 bits per heavy atom. The molecule has 17 heavy (non-hydrogen) atoms. The summed E-state index contributed by atoms with van der Waals surface area (Å²) >= 11 is 0. The highest BCUT2D eigenvalue weighted by Gasteiger charge is 2.27. The van der Waals surface area contributed by atoms with Crippen molar-refractivity contribution < 1.29 is 4.39 Å². The maximum atomic E-state index is 13.8. The molecule has 3 rings (SSSR count). The maximum absolute atomic E-state index is 13.8. The third-order valence-corrected chi connectivity index (χ3v) is 3.35. The molecule has 1 aromatic carbocycles. The molecular formula is C14H13FN2. The van der Waals surface area contributed by atoms with Crippen LogP contribution in [0.2, 0.25) is 0 Å². The van der Waals surface area contributed by atoms with Crippen molar-refractivity contribution in [1.82, 2.24) is 4.98 Å². The number of anilines is 1. The molecular weight excluding hydrogens is 215 g/mol. The summed E-state index contributed by atoms with van der Waals surface area (Å²) in [5, 5.41) is 0. The Morgan fingerprint density at radius 3 is 3.06 bits per heavy atom. The molecule has 1 aromatic heterocycles. The van der Waals surface area contributed by atoms with Crippen LogP contribution in [0.3, 0.4) is 0 Å². The van der Waals surface area contributed by atoms with Crippen LogP contribution in [0, 0.1) is 5.82 Å². The van der Waals surface area contributed by atoms with Crippen LogP contribution in [0.5, 0.6) is 0 Å². The number of nitrogens with two attached hydrogens (primary N) is 1. The van der Waals surface area contributed by atoms with Gasteiger partial charge in [-0.25, -0.2) is 4.39 Å². The number of aryl methyl sites for hydroxylation is 1. The van der Waals surface area contributed by atoms with Gasteiger partial charge in [-0.05, 0) is 48.2 Å². The standard InChI is InChI=1S/C14H13FN2/c15-13-6-4-10(16)8-12(13)11-5-3-9-2-1-7-17-14(9)11/h1-2,4,6-8,11H,3,5,16H2. The predicted molar refractivity (Wildman–Crippen MR) is 65.2 cm³/mol. The Bertz CT molecular complexity index is 566. The van der Waals surface area contributed by atoms with Crippen LogP contribution in [0.25, 0.3) is 0 Å². The highest BCUT2D eigenvalue weighted by molar-refractivity contribution is 5.46. The summed E-state index contributed by atoms with van der Waals surface area (Å²) < 4.78 is 13.8. The normalized spacial score (nSPS) is 18.1. The second kappa shape index (κ2) is 3.84.